The molecule has 0 radical (unpaired) electrons. The van der Waals surface area contributed by atoms with Crippen LogP contribution in [0.3, 0.4) is 0 Å². The minimum atomic E-state index is -0.436. The van der Waals surface area contributed by atoms with Gasteiger partial charge < -0.3 is 14.2 Å². The summed E-state index contributed by atoms with van der Waals surface area (Å²) in [4.78, 5) is 21.5. The summed E-state index contributed by atoms with van der Waals surface area (Å²) in [7, 11) is 2.98. The van der Waals surface area contributed by atoms with Crippen LogP contribution in [0.5, 0.6) is 11.8 Å². The Morgan fingerprint density at radius 3 is 2.51 bits per heavy atom. The first kappa shape index (κ1) is 25.5. The van der Waals surface area contributed by atoms with Crippen molar-refractivity contribution < 1.29 is 19.0 Å². The normalized spacial score (nSPS) is 10.7. The number of fused-ring (bicyclic) bond motifs is 1. The molecule has 2 heterocycles. The molecule has 0 amide bonds. The van der Waals surface area contributed by atoms with Gasteiger partial charge in [0.2, 0.25) is 0 Å². The summed E-state index contributed by atoms with van der Waals surface area (Å²) < 4.78 is 18.0. The Kier molecular flexibility index (Phi) is 7.23. The maximum absolute atomic E-state index is 12.5. The van der Waals surface area contributed by atoms with Gasteiger partial charge in [-0.15, -0.1) is 0 Å². The number of methoxy groups -OCH3 is 2. The maximum atomic E-state index is 12.5. The molecule has 5 aromatic rings. The first-order valence-electron chi connectivity index (χ1n) is 12.4. The van der Waals surface area contributed by atoms with E-state index in [1.54, 1.807) is 37.6 Å². The predicted octanol–water partition coefficient (Wildman–Crippen LogP) is 5.88. The number of hydrogen-bond donors (Lipinski definition) is 0. The van der Waals surface area contributed by atoms with E-state index < -0.39 is 5.97 Å². The van der Waals surface area contributed by atoms with Crippen molar-refractivity contribution in [2.75, 3.05) is 20.8 Å². The number of carbonyl (C=O) groups excluding carboxylic acids is 1. The first-order chi connectivity index (χ1) is 19.1. The van der Waals surface area contributed by atoms with Gasteiger partial charge in [0.25, 0.3) is 6.01 Å². The number of para-hydroxylation sites is 1. The second-order valence-electron chi connectivity index (χ2n) is 8.73. The lowest BCUT2D eigenvalue weighted by Gasteiger charge is -2.12. The third-order valence-electron chi connectivity index (χ3n) is 6.42. The molecule has 39 heavy (non-hydrogen) atoms. The largest absolute Gasteiger partial charge is 0.497 e. The topological polar surface area (TPSA) is 99.3 Å². The molecule has 0 fully saturated rings. The van der Waals surface area contributed by atoms with E-state index in [-0.39, 0.29) is 0 Å². The van der Waals surface area contributed by atoms with Crippen LogP contribution in [0.1, 0.15) is 28.4 Å². The number of carbonyl (C=O) groups is 1. The van der Waals surface area contributed by atoms with Gasteiger partial charge in [0, 0.05) is 23.4 Å². The average molecular weight is 519 g/mol. The molecule has 8 nitrogen and oxygen atoms in total. The fraction of sp³-hybridized carbons (Fsp3) is 0.161. The summed E-state index contributed by atoms with van der Waals surface area (Å²) in [5, 5.41) is 9.77. The fourth-order valence-electron chi connectivity index (χ4n) is 4.53. The fourth-order valence-corrected chi connectivity index (χ4v) is 4.53. The van der Waals surface area contributed by atoms with E-state index >= 15 is 0 Å². The van der Waals surface area contributed by atoms with Crippen LogP contribution in [-0.2, 0) is 11.3 Å². The van der Waals surface area contributed by atoms with Crippen LogP contribution in [-0.4, -0.2) is 41.3 Å². The molecule has 8 heteroatoms. The molecule has 0 N–H and O–H groups in total. The van der Waals surface area contributed by atoms with E-state index in [0.717, 1.165) is 27.9 Å². The number of aromatic nitrogens is 3. The van der Waals surface area contributed by atoms with Crippen molar-refractivity contribution in [2.45, 2.75) is 13.5 Å². The Bertz CT molecular complexity index is 1700. The third-order valence-corrected chi connectivity index (χ3v) is 6.42. The summed E-state index contributed by atoms with van der Waals surface area (Å²) in [6.07, 6.45) is 1.70. The zero-order chi connectivity index (χ0) is 27.4. The Balaban J connectivity index is 1.52. The minimum absolute atomic E-state index is 0.423. The predicted molar refractivity (Wildman–Crippen MR) is 148 cm³/mol. The lowest BCUT2D eigenvalue weighted by atomic mass is 9.96. The highest BCUT2D eigenvalue weighted by Crippen LogP contribution is 2.31. The molecule has 0 aliphatic rings. The zero-order valence-electron chi connectivity index (χ0n) is 21.8. The van der Waals surface area contributed by atoms with Gasteiger partial charge in [0.1, 0.15) is 5.75 Å². The van der Waals surface area contributed by atoms with Crippen LogP contribution in [0.4, 0.5) is 0 Å². The smallest absolute Gasteiger partial charge is 0.340 e. The van der Waals surface area contributed by atoms with Crippen molar-refractivity contribution in [1.29, 1.82) is 5.26 Å². The van der Waals surface area contributed by atoms with Gasteiger partial charge in [-0.1, -0.05) is 36.4 Å². The van der Waals surface area contributed by atoms with Crippen LogP contribution in [0.2, 0.25) is 0 Å². The van der Waals surface area contributed by atoms with Gasteiger partial charge in [-0.25, -0.2) is 4.79 Å². The van der Waals surface area contributed by atoms with E-state index in [2.05, 4.69) is 16.0 Å². The highest BCUT2D eigenvalue weighted by molar-refractivity contribution is 6.02. The highest BCUT2D eigenvalue weighted by Gasteiger charge is 2.20. The van der Waals surface area contributed by atoms with Gasteiger partial charge in [-0.3, -0.25) is 9.55 Å². The molecule has 0 aliphatic heterocycles. The van der Waals surface area contributed by atoms with E-state index in [1.165, 1.54) is 7.11 Å². The van der Waals surface area contributed by atoms with Crippen molar-refractivity contribution in [3.8, 4) is 40.2 Å². The molecule has 0 aliphatic carbocycles. The Labute approximate surface area is 226 Å². The molecule has 2 aromatic heterocycles. The van der Waals surface area contributed by atoms with E-state index in [9.17, 15) is 10.1 Å². The molecule has 0 spiro atoms. The lowest BCUT2D eigenvalue weighted by Crippen LogP contribution is -2.09. The van der Waals surface area contributed by atoms with Crippen molar-refractivity contribution in [3.63, 3.8) is 0 Å². The van der Waals surface area contributed by atoms with Crippen molar-refractivity contribution in [2.24, 2.45) is 0 Å². The Morgan fingerprint density at radius 1 is 1.00 bits per heavy atom. The number of benzene rings is 3. The number of pyridine rings is 1. The third kappa shape index (κ3) is 5.03. The molecule has 0 unspecified atom stereocenters. The molecule has 0 saturated heterocycles. The average Bonchev–Trinajstić information content (AvgIpc) is 3.33. The summed E-state index contributed by atoms with van der Waals surface area (Å²) in [6.45, 7) is 2.76. The minimum Gasteiger partial charge on any atom is -0.497 e. The molecular weight excluding hydrogens is 492 g/mol. The molecule has 5 rings (SSSR count). The number of nitrogens with zero attached hydrogens (tertiary/aromatic N) is 4. The standard InChI is InChI=1S/C31H26N4O4/c1-4-39-31-34-27-7-5-6-25(30(36)38-3)29(27)35(31)19-20-8-10-21(11-9-20)26-16-22(12-13-23(26)18-32)28-17-24(37-2)14-15-33-28/h5-17H,4,19H2,1-3H3. The number of nitriles is 1. The zero-order valence-corrected chi connectivity index (χ0v) is 21.8. The summed E-state index contributed by atoms with van der Waals surface area (Å²) >= 11 is 0. The monoisotopic (exact) mass is 518 g/mol. The molecule has 0 saturated carbocycles. The number of imidazole rings is 1. The van der Waals surface area contributed by atoms with Crippen molar-refractivity contribution >= 4 is 17.0 Å². The highest BCUT2D eigenvalue weighted by atomic mass is 16.5. The van der Waals surface area contributed by atoms with Crippen LogP contribution < -0.4 is 9.47 Å². The summed E-state index contributed by atoms with van der Waals surface area (Å²) in [6, 6.07) is 25.3. The molecule has 194 valence electrons. The van der Waals surface area contributed by atoms with E-state index in [0.29, 0.717) is 47.1 Å². The van der Waals surface area contributed by atoms with Gasteiger partial charge in [-0.05, 0) is 48.4 Å². The quantitative estimate of drug-likeness (QED) is 0.237. The van der Waals surface area contributed by atoms with Gasteiger partial charge in [0.05, 0.1) is 61.3 Å². The van der Waals surface area contributed by atoms with Crippen molar-refractivity contribution in [3.05, 3.63) is 95.7 Å². The SMILES string of the molecule is CCOc1nc2cccc(C(=O)OC)c2n1Cc1ccc(-c2cc(-c3cc(OC)ccn3)ccc2C#N)cc1. The summed E-state index contributed by atoms with van der Waals surface area (Å²) in [5.41, 5.74) is 6.62. The number of hydrogen-bond acceptors (Lipinski definition) is 7. The number of ether oxygens (including phenoxy) is 3. The first-order valence-corrected chi connectivity index (χ1v) is 12.4. The Hall–Kier alpha value is -5.16. The van der Waals surface area contributed by atoms with E-state index in [1.807, 2.05) is 60.0 Å². The molecule has 3 aromatic carbocycles. The van der Waals surface area contributed by atoms with Gasteiger partial charge in [-0.2, -0.15) is 10.2 Å². The molecule has 0 bridgehead atoms. The lowest BCUT2D eigenvalue weighted by molar-refractivity contribution is 0.0602. The second kappa shape index (κ2) is 11.1. The van der Waals surface area contributed by atoms with Gasteiger partial charge >= 0.3 is 5.97 Å². The van der Waals surface area contributed by atoms with Gasteiger partial charge in [0.15, 0.2) is 0 Å². The number of esters is 1. The van der Waals surface area contributed by atoms with Crippen LogP contribution in [0.15, 0.2) is 79.0 Å². The van der Waals surface area contributed by atoms with Crippen LogP contribution >= 0.6 is 0 Å². The Morgan fingerprint density at radius 2 is 1.79 bits per heavy atom. The molecular formula is C31H26N4O4. The van der Waals surface area contributed by atoms with Crippen molar-refractivity contribution in [1.82, 2.24) is 14.5 Å². The summed E-state index contributed by atoms with van der Waals surface area (Å²) in [5.74, 6) is 0.277. The second-order valence-corrected chi connectivity index (χ2v) is 8.73. The van der Waals surface area contributed by atoms with E-state index in [4.69, 9.17) is 14.2 Å². The molecule has 0 atom stereocenters. The maximum Gasteiger partial charge on any atom is 0.340 e. The number of rotatable bonds is 8. The van der Waals surface area contributed by atoms with Crippen LogP contribution in [0, 0.1) is 11.3 Å². The van der Waals surface area contributed by atoms with Crippen LogP contribution in [0.25, 0.3) is 33.4 Å².